The first-order chi connectivity index (χ1) is 27.0. The molecule has 322 valence electrons. The number of carbonyl (C=O) groups is 2. The number of ether oxygens (including phenoxy) is 8. The van der Waals surface area contributed by atoms with Gasteiger partial charge in [-0.25, -0.2) is 4.79 Å². The van der Waals surface area contributed by atoms with Crippen molar-refractivity contribution in [2.45, 2.75) is 197 Å². The SMILES string of the molecule is CC1OC(OC2C(O)CC(OC3C(O)CC(O[C@H]4CC[C@@]5(C)[C@H](CC[C@@H]6[C@@H]5CC[C@]5(C)[C@@H](C7=CC(=O)OC7)[C@@H](OC=O)C[C@]65O)C4)OC3C)OC2C)CC(O)C1O. The minimum atomic E-state index is -1.05. The van der Waals surface area contributed by atoms with Gasteiger partial charge in [-0.05, 0) is 94.5 Å². The number of aliphatic hydroxyl groups is 5. The fourth-order valence-corrected chi connectivity index (χ4v) is 13.0. The van der Waals surface area contributed by atoms with Gasteiger partial charge in [-0.15, -0.1) is 0 Å². The van der Waals surface area contributed by atoms with E-state index in [0.29, 0.717) is 24.7 Å². The van der Waals surface area contributed by atoms with Crippen LogP contribution in [0.4, 0.5) is 0 Å². The third-order valence-electron chi connectivity index (χ3n) is 16.0. The van der Waals surface area contributed by atoms with Crippen molar-refractivity contribution >= 4 is 12.4 Å². The van der Waals surface area contributed by atoms with Gasteiger partial charge in [-0.2, -0.15) is 0 Å². The molecule has 15 heteroatoms. The van der Waals surface area contributed by atoms with E-state index in [1.165, 1.54) is 6.08 Å². The molecule has 57 heavy (non-hydrogen) atoms. The molecule has 12 unspecified atom stereocenters. The molecular weight excluding hydrogens is 744 g/mol. The Morgan fingerprint density at radius 1 is 0.754 bits per heavy atom. The summed E-state index contributed by atoms with van der Waals surface area (Å²) < 4.78 is 47.8. The highest BCUT2D eigenvalue weighted by atomic mass is 16.7. The van der Waals surface area contributed by atoms with Crippen molar-refractivity contribution in [1.29, 1.82) is 0 Å². The van der Waals surface area contributed by atoms with E-state index in [0.717, 1.165) is 50.5 Å². The van der Waals surface area contributed by atoms with E-state index < -0.39 is 90.9 Å². The van der Waals surface area contributed by atoms with E-state index in [1.54, 1.807) is 13.8 Å². The molecule has 3 saturated heterocycles. The number of aliphatic hydroxyl groups excluding tert-OH is 4. The summed E-state index contributed by atoms with van der Waals surface area (Å²) >= 11 is 0. The summed E-state index contributed by atoms with van der Waals surface area (Å²) in [6.07, 6.45) is -1.35. The third kappa shape index (κ3) is 7.42. The molecule has 8 aliphatic rings. The molecule has 0 spiro atoms. The second-order valence-corrected chi connectivity index (χ2v) is 19.1. The lowest BCUT2D eigenvalue weighted by Crippen LogP contribution is -2.62. The second kappa shape index (κ2) is 15.9. The largest absolute Gasteiger partial charge is 0.464 e. The maximum atomic E-state index is 12.8. The molecule has 0 aromatic heterocycles. The Labute approximate surface area is 334 Å². The van der Waals surface area contributed by atoms with E-state index in [4.69, 9.17) is 37.9 Å². The van der Waals surface area contributed by atoms with Crippen LogP contribution in [0.15, 0.2) is 11.6 Å². The second-order valence-electron chi connectivity index (χ2n) is 19.1. The summed E-state index contributed by atoms with van der Waals surface area (Å²) in [5.74, 6) is 0.0703. The van der Waals surface area contributed by atoms with Gasteiger partial charge in [0.1, 0.15) is 31.0 Å². The van der Waals surface area contributed by atoms with Crippen LogP contribution in [0.25, 0.3) is 0 Å². The zero-order valence-corrected chi connectivity index (χ0v) is 33.9. The highest BCUT2D eigenvalue weighted by Gasteiger charge is 2.71. The van der Waals surface area contributed by atoms with Gasteiger partial charge < -0.3 is 63.4 Å². The van der Waals surface area contributed by atoms with E-state index in [1.807, 2.05) is 6.92 Å². The molecule has 5 N–H and O–H groups in total. The summed E-state index contributed by atoms with van der Waals surface area (Å²) in [5.41, 5.74) is -0.790. The van der Waals surface area contributed by atoms with Crippen LogP contribution < -0.4 is 0 Å². The number of carbonyl (C=O) groups excluding carboxylic acids is 2. The van der Waals surface area contributed by atoms with Crippen LogP contribution in [0.5, 0.6) is 0 Å². The molecule has 4 saturated carbocycles. The Bertz CT molecular complexity index is 1470. The first-order valence-corrected chi connectivity index (χ1v) is 21.4. The van der Waals surface area contributed by atoms with Crippen molar-refractivity contribution in [2.24, 2.45) is 34.5 Å². The fraction of sp³-hybridized carbons (Fsp3) is 0.905. The summed E-state index contributed by atoms with van der Waals surface area (Å²) in [7, 11) is 0. The van der Waals surface area contributed by atoms with E-state index >= 15 is 0 Å². The van der Waals surface area contributed by atoms with Crippen LogP contribution in [-0.2, 0) is 47.5 Å². The van der Waals surface area contributed by atoms with Gasteiger partial charge >= 0.3 is 5.97 Å². The predicted octanol–water partition coefficient (Wildman–Crippen LogP) is 2.40. The molecule has 15 nitrogen and oxygen atoms in total. The van der Waals surface area contributed by atoms with E-state index in [9.17, 15) is 35.1 Å². The van der Waals surface area contributed by atoms with Gasteiger partial charge in [0.15, 0.2) is 18.9 Å². The van der Waals surface area contributed by atoms with Crippen molar-refractivity contribution in [3.8, 4) is 0 Å². The van der Waals surface area contributed by atoms with Crippen LogP contribution in [0.2, 0.25) is 0 Å². The Morgan fingerprint density at radius 3 is 1.95 bits per heavy atom. The minimum Gasteiger partial charge on any atom is -0.464 e. The van der Waals surface area contributed by atoms with E-state index in [-0.39, 0.29) is 55.2 Å². The molecule has 4 aliphatic carbocycles. The molecule has 7 fully saturated rings. The van der Waals surface area contributed by atoms with Crippen LogP contribution >= 0.6 is 0 Å². The topological polar surface area (TPSA) is 209 Å². The van der Waals surface area contributed by atoms with Crippen molar-refractivity contribution in [2.75, 3.05) is 6.61 Å². The van der Waals surface area contributed by atoms with Gasteiger partial charge in [0.05, 0.1) is 48.3 Å². The van der Waals surface area contributed by atoms with Gasteiger partial charge in [-0.3, -0.25) is 4.79 Å². The molecule has 8 rings (SSSR count). The maximum absolute atomic E-state index is 12.8. The first kappa shape index (κ1) is 42.0. The van der Waals surface area contributed by atoms with Crippen molar-refractivity contribution < 1.29 is 73.0 Å². The summed E-state index contributed by atoms with van der Waals surface area (Å²) in [5, 5.41) is 55.2. The van der Waals surface area contributed by atoms with Crippen molar-refractivity contribution in [1.82, 2.24) is 0 Å². The van der Waals surface area contributed by atoms with Gasteiger partial charge in [0.25, 0.3) is 6.47 Å². The third-order valence-corrected chi connectivity index (χ3v) is 16.0. The Hall–Kier alpha value is -1.76. The highest BCUT2D eigenvalue weighted by molar-refractivity contribution is 5.85. The smallest absolute Gasteiger partial charge is 0.331 e. The van der Waals surface area contributed by atoms with Crippen molar-refractivity contribution in [3.63, 3.8) is 0 Å². The molecular formula is C42H64O15. The molecule has 0 bridgehead atoms. The fourth-order valence-electron chi connectivity index (χ4n) is 13.0. The van der Waals surface area contributed by atoms with Crippen LogP contribution in [0.1, 0.15) is 105 Å². The van der Waals surface area contributed by atoms with Gasteiger partial charge in [0.2, 0.25) is 0 Å². The molecule has 0 radical (unpaired) electrons. The molecule has 4 aliphatic heterocycles. The quantitative estimate of drug-likeness (QED) is 0.129. The lowest BCUT2D eigenvalue weighted by molar-refractivity contribution is -0.336. The number of hydrogen-bond donors (Lipinski definition) is 5. The lowest BCUT2D eigenvalue weighted by Gasteiger charge is -2.63. The Morgan fingerprint density at radius 2 is 1.37 bits per heavy atom. The monoisotopic (exact) mass is 808 g/mol. The Kier molecular flexibility index (Phi) is 11.7. The lowest BCUT2D eigenvalue weighted by atomic mass is 9.43. The summed E-state index contributed by atoms with van der Waals surface area (Å²) in [4.78, 5) is 23.7. The summed E-state index contributed by atoms with van der Waals surface area (Å²) in [6.45, 7) is 10.4. The molecule has 4 heterocycles. The standard InChI is InChI=1S/C42H64O15/c1-20-37(48)28(44)14-34(52-20)56-39-22(3)54-35(16-30(39)46)57-38-21(2)53-33(15-29(38)45)55-25-8-10-40(4)24(13-25)6-7-27-26(40)9-11-41(5)36(23-12-32(47)50-18-23)31(51-19-43)17-42(27,41)49/h12,19-22,24-31,33-39,44-46,48-49H,6-11,13-18H2,1-5H3/t20?,21?,22?,24-,25+,26+,27-,28?,29?,30?,31+,33?,34?,35?,36+,37?,38?,39?,40+,41-,42+/m1/s1. The van der Waals surface area contributed by atoms with Gasteiger partial charge in [-0.1, -0.05) is 13.8 Å². The van der Waals surface area contributed by atoms with Gasteiger partial charge in [0, 0.05) is 43.1 Å². The number of fused-ring (bicyclic) bond motifs is 5. The molecule has 0 amide bonds. The number of hydrogen-bond acceptors (Lipinski definition) is 15. The normalized spacial score (nSPS) is 53.9. The van der Waals surface area contributed by atoms with Crippen LogP contribution in [-0.4, -0.2) is 136 Å². The van der Waals surface area contributed by atoms with Crippen LogP contribution in [0.3, 0.4) is 0 Å². The number of esters is 1. The van der Waals surface area contributed by atoms with E-state index in [2.05, 4.69) is 13.8 Å². The average Bonchev–Trinajstić information content (AvgIpc) is 3.67. The molecule has 0 aromatic rings. The Balaban J connectivity index is 0.844. The first-order valence-electron chi connectivity index (χ1n) is 21.4. The zero-order chi connectivity index (χ0) is 40.6. The average molecular weight is 809 g/mol. The molecule has 0 aromatic carbocycles. The number of cyclic esters (lactones) is 1. The highest BCUT2D eigenvalue weighted by Crippen LogP contribution is 2.70. The van der Waals surface area contributed by atoms with Crippen molar-refractivity contribution in [3.05, 3.63) is 11.6 Å². The maximum Gasteiger partial charge on any atom is 0.331 e. The molecule has 21 atom stereocenters. The van der Waals surface area contributed by atoms with Crippen LogP contribution in [0, 0.1) is 34.5 Å². The minimum absolute atomic E-state index is 0.00114. The zero-order valence-electron chi connectivity index (χ0n) is 33.9. The predicted molar refractivity (Wildman–Crippen MR) is 198 cm³/mol. The summed E-state index contributed by atoms with van der Waals surface area (Å²) in [6, 6.07) is 0. The number of rotatable bonds is 9.